The smallest absolute Gasteiger partial charge is 0.245 e. The van der Waals surface area contributed by atoms with Crippen molar-refractivity contribution in [3.05, 3.63) is 66.6 Å². The van der Waals surface area contributed by atoms with Gasteiger partial charge in [0.25, 0.3) is 0 Å². The van der Waals surface area contributed by atoms with E-state index in [-0.39, 0.29) is 4.90 Å². The second-order valence-corrected chi connectivity index (χ2v) is 11.8. The zero-order chi connectivity index (χ0) is 25.7. The van der Waals surface area contributed by atoms with E-state index in [9.17, 15) is 8.42 Å². The van der Waals surface area contributed by atoms with Crippen LogP contribution in [0.2, 0.25) is 0 Å². The molecule has 0 amide bonds. The van der Waals surface area contributed by atoms with E-state index in [1.54, 1.807) is 28.9 Å². The number of nitrogens with one attached hydrogen (secondary N) is 3. The second-order valence-electron chi connectivity index (χ2n) is 10.2. The normalized spacial score (nSPS) is 12.6. The summed E-state index contributed by atoms with van der Waals surface area (Å²) < 4.78 is 30.2. The number of aromatic amines is 1. The van der Waals surface area contributed by atoms with Crippen LogP contribution in [-0.2, 0) is 10.0 Å². The molecule has 0 fully saturated rings. The average Bonchev–Trinajstić information content (AvgIpc) is 3.41. The van der Waals surface area contributed by atoms with Gasteiger partial charge >= 0.3 is 0 Å². The van der Waals surface area contributed by atoms with E-state index in [0.29, 0.717) is 11.9 Å². The number of hydrogen-bond acceptors (Lipinski definition) is 6. The summed E-state index contributed by atoms with van der Waals surface area (Å²) in [6.07, 6.45) is 1.73. The van der Waals surface area contributed by atoms with Gasteiger partial charge in [-0.1, -0.05) is 26.0 Å². The topological polar surface area (TPSA) is 117 Å². The highest BCUT2D eigenvalue weighted by Gasteiger charge is 2.22. The van der Waals surface area contributed by atoms with E-state index in [4.69, 9.17) is 0 Å². The van der Waals surface area contributed by atoms with Gasteiger partial charge in [0.05, 0.1) is 33.3 Å². The van der Waals surface area contributed by atoms with Crippen LogP contribution in [0, 0.1) is 0 Å². The summed E-state index contributed by atoms with van der Waals surface area (Å²) in [5.41, 5.74) is 4.38. The molecule has 0 saturated heterocycles. The molecule has 0 radical (unpaired) electrons. The number of imidazole rings is 1. The Kier molecular flexibility index (Phi) is 5.80. The lowest BCUT2D eigenvalue weighted by Crippen LogP contribution is -2.40. The van der Waals surface area contributed by atoms with Crippen LogP contribution >= 0.6 is 0 Å². The fourth-order valence-electron chi connectivity index (χ4n) is 3.97. The summed E-state index contributed by atoms with van der Waals surface area (Å²) >= 11 is 0. The highest BCUT2D eigenvalue weighted by atomic mass is 32.2. The van der Waals surface area contributed by atoms with Gasteiger partial charge in [0.2, 0.25) is 16.0 Å². The van der Waals surface area contributed by atoms with Crippen LogP contribution in [0.25, 0.3) is 27.8 Å². The zero-order valence-corrected chi connectivity index (χ0v) is 21.7. The molecule has 3 heterocycles. The van der Waals surface area contributed by atoms with Crippen molar-refractivity contribution < 1.29 is 8.42 Å². The van der Waals surface area contributed by atoms with Crippen molar-refractivity contribution in [3.8, 4) is 11.3 Å². The van der Waals surface area contributed by atoms with Crippen LogP contribution in [0.1, 0.15) is 46.4 Å². The molecule has 3 aromatic heterocycles. The van der Waals surface area contributed by atoms with Gasteiger partial charge in [0, 0.05) is 22.7 Å². The van der Waals surface area contributed by atoms with Gasteiger partial charge < -0.3 is 10.3 Å². The average molecular weight is 504 g/mol. The van der Waals surface area contributed by atoms with Crippen LogP contribution < -0.4 is 10.0 Å². The Morgan fingerprint density at radius 1 is 1.03 bits per heavy atom. The highest BCUT2D eigenvalue weighted by Crippen LogP contribution is 2.26. The number of benzene rings is 2. The fraction of sp³-hybridized carbons (Fsp3) is 0.269. The Morgan fingerprint density at radius 3 is 2.58 bits per heavy atom. The molecule has 10 heteroatoms. The molecule has 2 aromatic carbocycles. The molecule has 0 aliphatic heterocycles. The number of rotatable bonds is 6. The lowest BCUT2D eigenvalue weighted by molar-refractivity contribution is 0.491. The van der Waals surface area contributed by atoms with E-state index < -0.39 is 15.6 Å². The summed E-state index contributed by atoms with van der Waals surface area (Å²) in [6.45, 7) is 9.64. The molecular weight excluding hydrogens is 474 g/mol. The van der Waals surface area contributed by atoms with Gasteiger partial charge in [-0.15, -0.1) is 5.10 Å². The molecule has 0 bridgehead atoms. The van der Waals surface area contributed by atoms with Crippen molar-refractivity contribution >= 4 is 38.2 Å². The van der Waals surface area contributed by atoms with Gasteiger partial charge in [0.1, 0.15) is 5.82 Å². The van der Waals surface area contributed by atoms with Gasteiger partial charge in [-0.25, -0.2) is 27.6 Å². The maximum atomic E-state index is 12.9. The van der Waals surface area contributed by atoms with Crippen LogP contribution in [-0.4, -0.2) is 38.5 Å². The predicted molar refractivity (Wildman–Crippen MR) is 142 cm³/mol. The maximum Gasteiger partial charge on any atom is 0.245 e. The van der Waals surface area contributed by atoms with Crippen molar-refractivity contribution in [2.75, 3.05) is 5.32 Å². The largest absolute Gasteiger partial charge is 0.342 e. The van der Waals surface area contributed by atoms with E-state index in [0.717, 1.165) is 39.3 Å². The van der Waals surface area contributed by atoms with Crippen molar-refractivity contribution in [2.24, 2.45) is 0 Å². The first kappa shape index (κ1) is 24.0. The van der Waals surface area contributed by atoms with Gasteiger partial charge in [-0.2, -0.15) is 0 Å². The molecule has 186 valence electrons. The minimum atomic E-state index is -3.67. The summed E-state index contributed by atoms with van der Waals surface area (Å²) in [6, 6.07) is 16.5. The van der Waals surface area contributed by atoms with Gasteiger partial charge in [-0.05, 0) is 63.2 Å². The van der Waals surface area contributed by atoms with E-state index in [1.165, 1.54) is 0 Å². The van der Waals surface area contributed by atoms with Crippen LogP contribution in [0.15, 0.2) is 65.7 Å². The number of hydrogen-bond donors (Lipinski definition) is 3. The van der Waals surface area contributed by atoms with Crippen molar-refractivity contribution in [1.82, 2.24) is 29.3 Å². The fourth-order valence-corrected chi connectivity index (χ4v) is 5.44. The molecule has 0 atom stereocenters. The number of H-pyrrole nitrogens is 1. The molecule has 0 aliphatic rings. The van der Waals surface area contributed by atoms with Crippen LogP contribution in [0.4, 0.5) is 11.6 Å². The first-order valence-electron chi connectivity index (χ1n) is 11.7. The molecule has 0 aliphatic carbocycles. The Bertz CT molecular complexity index is 1680. The van der Waals surface area contributed by atoms with Gasteiger partial charge in [0.15, 0.2) is 0 Å². The van der Waals surface area contributed by atoms with E-state index >= 15 is 0 Å². The zero-order valence-electron chi connectivity index (χ0n) is 20.9. The number of fused-ring (bicyclic) bond motifs is 2. The molecule has 3 N–H and O–H groups in total. The number of anilines is 2. The molecule has 0 unspecified atom stereocenters. The summed E-state index contributed by atoms with van der Waals surface area (Å²) in [5.74, 6) is 1.67. The van der Waals surface area contributed by atoms with Crippen LogP contribution in [0.5, 0.6) is 0 Å². The van der Waals surface area contributed by atoms with Crippen molar-refractivity contribution in [2.45, 2.75) is 51.0 Å². The summed E-state index contributed by atoms with van der Waals surface area (Å²) in [5, 5.41) is 7.93. The van der Waals surface area contributed by atoms with Gasteiger partial charge in [-0.3, -0.25) is 0 Å². The molecule has 0 saturated carbocycles. The molecular formula is C26H29N7O2S. The first-order valence-corrected chi connectivity index (χ1v) is 13.2. The number of nitrogens with zero attached hydrogens (tertiary/aromatic N) is 4. The number of sulfonamides is 1. The lowest BCUT2D eigenvalue weighted by atomic mass is 10.1. The monoisotopic (exact) mass is 503 g/mol. The minimum Gasteiger partial charge on any atom is -0.342 e. The number of aromatic nitrogens is 5. The third-order valence-corrected chi connectivity index (χ3v) is 7.34. The Labute approximate surface area is 210 Å². The Balaban J connectivity index is 1.48. The first-order chi connectivity index (χ1) is 17.0. The molecule has 36 heavy (non-hydrogen) atoms. The quantitative estimate of drug-likeness (QED) is 0.293. The maximum absolute atomic E-state index is 12.9. The van der Waals surface area contributed by atoms with Crippen molar-refractivity contribution in [3.63, 3.8) is 0 Å². The third kappa shape index (κ3) is 4.82. The third-order valence-electron chi connectivity index (χ3n) is 5.58. The summed E-state index contributed by atoms with van der Waals surface area (Å²) in [7, 11) is -3.67. The Hall–Kier alpha value is -3.76. The molecule has 5 aromatic rings. The van der Waals surface area contributed by atoms with E-state index in [1.807, 2.05) is 57.2 Å². The highest BCUT2D eigenvalue weighted by molar-refractivity contribution is 7.89. The van der Waals surface area contributed by atoms with Crippen molar-refractivity contribution in [1.29, 1.82) is 0 Å². The SMILES string of the molecule is CC(C)c1nc2ccc(Nc3ncc4ccc(-c5cccc(S(=O)(=O)NC(C)(C)C)c5)n4n3)cc2[nH]1. The minimum absolute atomic E-state index is 0.200. The molecule has 9 nitrogen and oxygen atoms in total. The summed E-state index contributed by atoms with van der Waals surface area (Å²) in [4.78, 5) is 12.6. The molecule has 5 rings (SSSR count). The molecule has 0 spiro atoms. The second kappa shape index (κ2) is 8.72. The Morgan fingerprint density at radius 2 is 1.83 bits per heavy atom. The standard InChI is InChI=1S/C26H29N7O2S/c1-16(2)24-29-21-11-9-18(14-22(21)30-24)28-25-27-15-19-10-12-23(33(19)31-25)17-7-6-8-20(13-17)36(34,35)32-26(3,4)5/h6-16,32H,1-5H3,(H,28,31)(H,29,30). The predicted octanol–water partition coefficient (Wildman–Crippen LogP) is 5.22. The van der Waals surface area contributed by atoms with E-state index in [2.05, 4.69) is 43.9 Å². The lowest BCUT2D eigenvalue weighted by Gasteiger charge is -2.20. The van der Waals surface area contributed by atoms with Crippen LogP contribution in [0.3, 0.4) is 0 Å².